The number of aromatic amines is 1. The third-order valence-electron chi connectivity index (χ3n) is 3.99. The van der Waals surface area contributed by atoms with Crippen molar-refractivity contribution in [3.05, 3.63) is 64.1 Å². The molecule has 2 aliphatic rings. The van der Waals surface area contributed by atoms with Crippen molar-refractivity contribution >= 4 is 28.9 Å². The fourth-order valence-corrected chi connectivity index (χ4v) is 3.04. The molecule has 1 atom stereocenters. The highest BCUT2D eigenvalue weighted by molar-refractivity contribution is 6.30. The third-order valence-corrected chi connectivity index (χ3v) is 4.28. The summed E-state index contributed by atoms with van der Waals surface area (Å²) >= 11 is 5.89. The number of nitrogens with zero attached hydrogens (tertiary/aromatic N) is 1. The zero-order valence-corrected chi connectivity index (χ0v) is 12.1. The summed E-state index contributed by atoms with van der Waals surface area (Å²) in [5, 5.41) is 9.98. The number of nitrogens with one attached hydrogen (secondary N) is 2. The largest absolute Gasteiger partial charge is 0.309 e. The lowest BCUT2D eigenvalue weighted by Crippen LogP contribution is -2.23. The van der Waals surface area contributed by atoms with Gasteiger partial charge in [-0.3, -0.25) is 9.89 Å². The average molecular weight is 316 g/mol. The van der Waals surface area contributed by atoms with E-state index in [9.17, 15) is 9.18 Å². The maximum absolute atomic E-state index is 13.4. The van der Waals surface area contributed by atoms with Crippen molar-refractivity contribution in [2.45, 2.75) is 12.3 Å². The van der Waals surface area contributed by atoms with Crippen molar-refractivity contribution < 1.29 is 9.18 Å². The van der Waals surface area contributed by atoms with Gasteiger partial charge in [0.1, 0.15) is 5.82 Å². The SMILES string of the molecule is O=C1CC(c2ccc(F)c(Cl)c2)c2c(n[nH]c2C2=CC=C2)N1. The fraction of sp³-hybridized carbons (Fsp3) is 0.125. The first kappa shape index (κ1) is 13.3. The van der Waals surface area contributed by atoms with E-state index in [0.29, 0.717) is 5.82 Å². The minimum Gasteiger partial charge on any atom is -0.309 e. The summed E-state index contributed by atoms with van der Waals surface area (Å²) in [5.41, 5.74) is 3.62. The molecule has 0 fully saturated rings. The molecule has 1 unspecified atom stereocenters. The van der Waals surface area contributed by atoms with E-state index in [-0.39, 0.29) is 23.3 Å². The minimum atomic E-state index is -0.469. The number of H-pyrrole nitrogens is 1. The third kappa shape index (κ3) is 1.97. The van der Waals surface area contributed by atoms with Gasteiger partial charge in [0, 0.05) is 17.9 Å². The monoisotopic (exact) mass is 315 g/mol. The van der Waals surface area contributed by atoms with Gasteiger partial charge < -0.3 is 5.32 Å². The van der Waals surface area contributed by atoms with Crippen LogP contribution >= 0.6 is 11.6 Å². The Kier molecular flexibility index (Phi) is 2.90. The Morgan fingerprint density at radius 3 is 2.86 bits per heavy atom. The minimum absolute atomic E-state index is 0.0535. The van der Waals surface area contributed by atoms with E-state index in [4.69, 9.17) is 11.6 Å². The lowest BCUT2D eigenvalue weighted by molar-refractivity contribution is -0.116. The van der Waals surface area contributed by atoms with Gasteiger partial charge in [0.25, 0.3) is 0 Å². The van der Waals surface area contributed by atoms with Gasteiger partial charge in [-0.1, -0.05) is 35.9 Å². The van der Waals surface area contributed by atoms with E-state index in [1.807, 2.05) is 18.2 Å². The summed E-state index contributed by atoms with van der Waals surface area (Å²) in [6.07, 6.45) is 6.16. The van der Waals surface area contributed by atoms with Crippen molar-refractivity contribution in [1.29, 1.82) is 0 Å². The first-order chi connectivity index (χ1) is 10.6. The van der Waals surface area contributed by atoms with E-state index >= 15 is 0 Å². The number of aromatic nitrogens is 2. The fourth-order valence-electron chi connectivity index (χ4n) is 2.85. The van der Waals surface area contributed by atoms with E-state index < -0.39 is 5.82 Å². The Morgan fingerprint density at radius 2 is 2.18 bits per heavy atom. The van der Waals surface area contributed by atoms with E-state index in [0.717, 1.165) is 22.4 Å². The van der Waals surface area contributed by atoms with Crippen LogP contribution in [0.25, 0.3) is 5.57 Å². The van der Waals surface area contributed by atoms with Crippen LogP contribution in [-0.4, -0.2) is 16.1 Å². The average Bonchev–Trinajstić information content (AvgIpc) is 2.83. The van der Waals surface area contributed by atoms with Crippen LogP contribution in [0.4, 0.5) is 10.2 Å². The second kappa shape index (κ2) is 4.81. The highest BCUT2D eigenvalue weighted by Gasteiger charge is 2.32. The molecule has 2 aromatic rings. The normalized spacial score (nSPS) is 19.3. The van der Waals surface area contributed by atoms with E-state index in [2.05, 4.69) is 15.5 Å². The molecule has 2 N–H and O–H groups in total. The van der Waals surface area contributed by atoms with Gasteiger partial charge in [-0.2, -0.15) is 5.10 Å². The molecule has 0 saturated heterocycles. The van der Waals surface area contributed by atoms with Crippen molar-refractivity contribution in [3.63, 3.8) is 0 Å². The highest BCUT2D eigenvalue weighted by atomic mass is 35.5. The van der Waals surface area contributed by atoms with Crippen LogP contribution in [0.5, 0.6) is 0 Å². The summed E-state index contributed by atoms with van der Waals surface area (Å²) in [5.74, 6) is -0.263. The van der Waals surface area contributed by atoms with Crippen LogP contribution in [0.3, 0.4) is 0 Å². The summed E-state index contributed by atoms with van der Waals surface area (Å²) in [6, 6.07) is 4.56. The Hall–Kier alpha value is -2.40. The molecular formula is C16H11ClFN3O. The second-order valence-corrected chi connectivity index (χ2v) is 5.73. The maximum atomic E-state index is 13.4. The van der Waals surface area contributed by atoms with Gasteiger partial charge in [0.15, 0.2) is 5.82 Å². The molecule has 0 radical (unpaired) electrons. The zero-order chi connectivity index (χ0) is 15.3. The van der Waals surface area contributed by atoms with Crippen LogP contribution in [0.2, 0.25) is 5.02 Å². The number of carbonyl (C=O) groups excluding carboxylic acids is 1. The molecule has 0 saturated carbocycles. The van der Waals surface area contributed by atoms with Gasteiger partial charge in [0.05, 0.1) is 10.7 Å². The second-order valence-electron chi connectivity index (χ2n) is 5.32. The molecule has 1 aromatic heterocycles. The molecule has 110 valence electrons. The molecule has 0 bridgehead atoms. The van der Waals surface area contributed by atoms with Crippen molar-refractivity contribution in [2.75, 3.05) is 5.32 Å². The highest BCUT2D eigenvalue weighted by Crippen LogP contribution is 2.41. The van der Waals surface area contributed by atoms with Gasteiger partial charge in [-0.25, -0.2) is 4.39 Å². The van der Waals surface area contributed by atoms with Crippen LogP contribution in [-0.2, 0) is 4.79 Å². The lowest BCUT2D eigenvalue weighted by Gasteiger charge is -2.24. The van der Waals surface area contributed by atoms with Crippen LogP contribution < -0.4 is 5.32 Å². The van der Waals surface area contributed by atoms with Crippen molar-refractivity contribution in [1.82, 2.24) is 10.2 Å². The van der Waals surface area contributed by atoms with Crippen molar-refractivity contribution in [3.8, 4) is 0 Å². The lowest BCUT2D eigenvalue weighted by atomic mass is 9.83. The standard InChI is InChI=1S/C16H11ClFN3O/c17-11-6-9(4-5-12(11)18)10-7-13(22)19-16-14(10)15(20-21-16)8-2-1-3-8/h1-6,10H,7H2,(H2,19,20,21,22). The van der Waals surface area contributed by atoms with Gasteiger partial charge in [0.2, 0.25) is 5.91 Å². The first-order valence-corrected chi connectivity index (χ1v) is 7.23. The quantitative estimate of drug-likeness (QED) is 0.889. The molecule has 2 heterocycles. The Bertz CT molecular complexity index is 853. The number of anilines is 1. The number of fused-ring (bicyclic) bond motifs is 1. The molecule has 4 rings (SSSR count). The Balaban J connectivity index is 1.85. The number of carbonyl (C=O) groups is 1. The molecular weight excluding hydrogens is 305 g/mol. The summed E-state index contributed by atoms with van der Waals surface area (Å²) in [6.45, 7) is 0. The molecule has 6 heteroatoms. The number of hydrogen-bond donors (Lipinski definition) is 2. The Morgan fingerprint density at radius 1 is 1.36 bits per heavy atom. The van der Waals surface area contributed by atoms with E-state index in [1.54, 1.807) is 12.1 Å². The van der Waals surface area contributed by atoms with Gasteiger partial charge in [-0.15, -0.1) is 0 Å². The summed E-state index contributed by atoms with van der Waals surface area (Å²) < 4.78 is 13.4. The van der Waals surface area contributed by atoms with Gasteiger partial charge >= 0.3 is 0 Å². The Labute approximate surface area is 130 Å². The first-order valence-electron chi connectivity index (χ1n) is 6.85. The number of allylic oxidation sites excluding steroid dienone is 4. The maximum Gasteiger partial charge on any atom is 0.226 e. The number of rotatable bonds is 2. The predicted molar refractivity (Wildman–Crippen MR) is 82.2 cm³/mol. The molecule has 4 nitrogen and oxygen atoms in total. The zero-order valence-electron chi connectivity index (χ0n) is 11.4. The molecule has 1 aromatic carbocycles. The van der Waals surface area contributed by atoms with Crippen LogP contribution in [0.15, 0.2) is 36.4 Å². The topological polar surface area (TPSA) is 57.8 Å². The molecule has 22 heavy (non-hydrogen) atoms. The van der Waals surface area contributed by atoms with Gasteiger partial charge in [-0.05, 0) is 23.3 Å². The number of halogens is 2. The predicted octanol–water partition coefficient (Wildman–Crippen LogP) is 3.63. The molecule has 0 spiro atoms. The smallest absolute Gasteiger partial charge is 0.226 e. The molecule has 1 aliphatic heterocycles. The molecule has 1 aliphatic carbocycles. The van der Waals surface area contributed by atoms with E-state index in [1.165, 1.54) is 6.07 Å². The van der Waals surface area contributed by atoms with Crippen LogP contribution in [0, 0.1) is 5.82 Å². The molecule has 1 amide bonds. The summed E-state index contributed by atoms with van der Waals surface area (Å²) in [4.78, 5) is 11.9. The van der Waals surface area contributed by atoms with Crippen molar-refractivity contribution in [2.24, 2.45) is 0 Å². The van der Waals surface area contributed by atoms with Crippen LogP contribution in [0.1, 0.15) is 29.2 Å². The number of hydrogen-bond acceptors (Lipinski definition) is 2. The number of benzene rings is 1. The number of amides is 1. The summed E-state index contributed by atoms with van der Waals surface area (Å²) in [7, 11) is 0.